The average molecular weight is 298 g/mol. The molecule has 0 aliphatic rings. The van der Waals surface area contributed by atoms with Gasteiger partial charge in [0, 0.05) is 10.0 Å². The van der Waals surface area contributed by atoms with E-state index in [-0.39, 0.29) is 12.2 Å². The van der Waals surface area contributed by atoms with Gasteiger partial charge in [-0.2, -0.15) is 0 Å². The summed E-state index contributed by atoms with van der Waals surface area (Å²) in [6.45, 7) is 0.214. The fraction of sp³-hybridized carbons (Fsp3) is 0.0909. The highest BCUT2D eigenvalue weighted by Gasteiger charge is 2.12. The third kappa shape index (κ3) is 2.85. The summed E-state index contributed by atoms with van der Waals surface area (Å²) in [4.78, 5) is 11.0. The Hall–Kier alpha value is -1.82. The molecule has 0 fully saturated rings. The lowest BCUT2D eigenvalue weighted by molar-refractivity contribution is 0.0691. The van der Waals surface area contributed by atoms with Crippen molar-refractivity contribution in [2.75, 3.05) is 0 Å². The second-order valence-electron chi connectivity index (χ2n) is 3.27. The van der Waals surface area contributed by atoms with Crippen LogP contribution in [0.15, 0.2) is 39.7 Å². The van der Waals surface area contributed by atoms with Crippen molar-refractivity contribution in [2.45, 2.75) is 6.61 Å². The van der Waals surface area contributed by atoms with Crippen LogP contribution in [0, 0.1) is 0 Å². The van der Waals surface area contributed by atoms with Gasteiger partial charge in [-0.1, -0.05) is 21.1 Å². The van der Waals surface area contributed by atoms with Crippen molar-refractivity contribution in [2.24, 2.45) is 0 Å². The number of carboxylic acids is 1. The molecule has 0 saturated carbocycles. The quantitative estimate of drug-likeness (QED) is 0.939. The van der Waals surface area contributed by atoms with Gasteiger partial charge in [0.2, 0.25) is 0 Å². The highest BCUT2D eigenvalue weighted by molar-refractivity contribution is 9.10. The summed E-state index contributed by atoms with van der Waals surface area (Å²) < 4.78 is 10.7. The summed E-state index contributed by atoms with van der Waals surface area (Å²) >= 11 is 3.21. The summed E-state index contributed by atoms with van der Waals surface area (Å²) in [7, 11) is 0. The van der Waals surface area contributed by atoms with Crippen molar-refractivity contribution in [1.82, 2.24) is 5.16 Å². The van der Waals surface area contributed by atoms with Crippen LogP contribution in [0.4, 0.5) is 0 Å². The van der Waals surface area contributed by atoms with Gasteiger partial charge < -0.3 is 14.4 Å². The minimum atomic E-state index is -1.04. The molecule has 2 aromatic rings. The van der Waals surface area contributed by atoms with Crippen LogP contribution in [0.1, 0.15) is 15.9 Å². The molecule has 0 saturated heterocycles. The van der Waals surface area contributed by atoms with Crippen molar-refractivity contribution in [3.8, 4) is 5.75 Å². The van der Waals surface area contributed by atoms with E-state index in [1.54, 1.807) is 12.1 Å². The Morgan fingerprint density at radius 3 is 3.00 bits per heavy atom. The molecule has 0 spiro atoms. The van der Waals surface area contributed by atoms with Crippen LogP contribution in [0.3, 0.4) is 0 Å². The normalized spacial score (nSPS) is 10.2. The maximum absolute atomic E-state index is 11.0. The predicted molar refractivity (Wildman–Crippen MR) is 61.9 cm³/mol. The van der Waals surface area contributed by atoms with Crippen molar-refractivity contribution < 1.29 is 19.2 Å². The van der Waals surface area contributed by atoms with Crippen LogP contribution in [-0.2, 0) is 6.61 Å². The molecule has 5 nitrogen and oxygen atoms in total. The van der Waals surface area contributed by atoms with E-state index in [1.165, 1.54) is 18.5 Å². The molecule has 1 aromatic heterocycles. The van der Waals surface area contributed by atoms with Crippen molar-refractivity contribution >= 4 is 21.9 Å². The van der Waals surface area contributed by atoms with E-state index < -0.39 is 5.97 Å². The van der Waals surface area contributed by atoms with Gasteiger partial charge in [0.25, 0.3) is 0 Å². The lowest BCUT2D eigenvalue weighted by Crippen LogP contribution is -2.03. The van der Waals surface area contributed by atoms with E-state index in [2.05, 4.69) is 25.6 Å². The number of ether oxygens (including phenoxy) is 1. The van der Waals surface area contributed by atoms with Gasteiger partial charge in [0.05, 0.1) is 6.20 Å². The fourth-order valence-corrected chi connectivity index (χ4v) is 1.62. The minimum Gasteiger partial charge on any atom is -0.488 e. The summed E-state index contributed by atoms with van der Waals surface area (Å²) in [5, 5.41) is 12.5. The number of hydrogen-bond donors (Lipinski definition) is 1. The Morgan fingerprint density at radius 2 is 2.35 bits per heavy atom. The van der Waals surface area contributed by atoms with E-state index in [9.17, 15) is 4.79 Å². The summed E-state index contributed by atoms with van der Waals surface area (Å²) in [5.41, 5.74) is 0.847. The van der Waals surface area contributed by atoms with Gasteiger partial charge in [0.15, 0.2) is 0 Å². The molecular formula is C11H8BrNO4. The predicted octanol–water partition coefficient (Wildman–Crippen LogP) is 2.71. The largest absolute Gasteiger partial charge is 0.488 e. The second kappa shape index (κ2) is 5.01. The molecule has 0 aliphatic heterocycles. The van der Waals surface area contributed by atoms with Crippen molar-refractivity contribution in [3.63, 3.8) is 0 Å². The van der Waals surface area contributed by atoms with E-state index in [0.717, 1.165) is 5.56 Å². The molecule has 2 rings (SSSR count). The Labute approximate surface area is 105 Å². The molecular weight excluding hydrogens is 290 g/mol. The number of carbonyl (C=O) groups is 1. The van der Waals surface area contributed by atoms with Crippen molar-refractivity contribution in [3.05, 3.63) is 46.3 Å². The first kappa shape index (κ1) is 11.7. The molecule has 0 bridgehead atoms. The smallest absolute Gasteiger partial charge is 0.339 e. The maximum Gasteiger partial charge on any atom is 0.339 e. The highest BCUT2D eigenvalue weighted by atomic mass is 79.9. The summed E-state index contributed by atoms with van der Waals surface area (Å²) in [6.07, 6.45) is 2.96. The molecule has 1 aromatic carbocycles. The lowest BCUT2D eigenvalue weighted by Gasteiger charge is -2.07. The molecule has 0 aliphatic carbocycles. The number of carboxylic acid groups (broad SMARTS) is 1. The highest BCUT2D eigenvalue weighted by Crippen LogP contribution is 2.24. The van der Waals surface area contributed by atoms with Gasteiger partial charge in [0.1, 0.15) is 24.2 Å². The fourth-order valence-electron chi connectivity index (χ4n) is 1.25. The number of benzene rings is 1. The van der Waals surface area contributed by atoms with Gasteiger partial charge in [-0.3, -0.25) is 0 Å². The van der Waals surface area contributed by atoms with Crippen LogP contribution in [0.5, 0.6) is 5.75 Å². The van der Waals surface area contributed by atoms with Gasteiger partial charge in [-0.25, -0.2) is 4.79 Å². The van der Waals surface area contributed by atoms with Crippen molar-refractivity contribution in [1.29, 1.82) is 0 Å². The first-order valence-corrected chi connectivity index (χ1v) is 5.50. The van der Waals surface area contributed by atoms with Crippen LogP contribution in [0.25, 0.3) is 0 Å². The second-order valence-corrected chi connectivity index (χ2v) is 4.18. The first-order chi connectivity index (χ1) is 8.16. The molecule has 0 unspecified atom stereocenters. The zero-order chi connectivity index (χ0) is 12.3. The minimum absolute atomic E-state index is 0.107. The van der Waals surface area contributed by atoms with Gasteiger partial charge in [-0.05, 0) is 18.2 Å². The van der Waals surface area contributed by atoms with Gasteiger partial charge in [-0.15, -0.1) is 0 Å². The van der Waals surface area contributed by atoms with E-state index in [1.807, 2.05) is 0 Å². The van der Waals surface area contributed by atoms with Gasteiger partial charge >= 0.3 is 5.97 Å². The number of aromatic nitrogens is 1. The first-order valence-electron chi connectivity index (χ1n) is 4.70. The van der Waals surface area contributed by atoms with Crippen LogP contribution in [-0.4, -0.2) is 16.2 Å². The maximum atomic E-state index is 11.0. The number of aromatic carboxylic acids is 1. The Kier molecular flexibility index (Phi) is 3.43. The monoisotopic (exact) mass is 297 g/mol. The van der Waals surface area contributed by atoms with Crippen LogP contribution >= 0.6 is 15.9 Å². The number of hydrogen-bond acceptors (Lipinski definition) is 4. The zero-order valence-electron chi connectivity index (χ0n) is 8.59. The number of rotatable bonds is 4. The van der Waals surface area contributed by atoms with E-state index in [4.69, 9.17) is 9.84 Å². The molecule has 0 radical (unpaired) electrons. The number of nitrogens with zero attached hydrogens (tertiary/aromatic N) is 1. The topological polar surface area (TPSA) is 72.6 Å². The molecule has 0 atom stereocenters. The molecule has 1 heterocycles. The Bertz CT molecular complexity index is 524. The summed E-state index contributed by atoms with van der Waals surface area (Å²) in [6, 6.07) is 4.81. The van der Waals surface area contributed by atoms with E-state index in [0.29, 0.717) is 10.2 Å². The molecule has 88 valence electrons. The zero-order valence-corrected chi connectivity index (χ0v) is 10.2. The number of halogens is 1. The third-order valence-corrected chi connectivity index (χ3v) is 2.54. The standard InChI is InChI=1S/C11H8BrNO4/c12-8-1-2-10(9(3-8)11(14)15)16-5-7-4-13-17-6-7/h1-4,6H,5H2,(H,14,15). The third-order valence-electron chi connectivity index (χ3n) is 2.05. The summed E-state index contributed by atoms with van der Waals surface area (Å²) in [5.74, 6) is -0.728. The Balaban J connectivity index is 2.17. The van der Waals surface area contributed by atoms with Crippen LogP contribution < -0.4 is 4.74 Å². The van der Waals surface area contributed by atoms with E-state index >= 15 is 0 Å². The average Bonchev–Trinajstić information content (AvgIpc) is 2.80. The molecule has 1 N–H and O–H groups in total. The van der Waals surface area contributed by atoms with Crippen LogP contribution in [0.2, 0.25) is 0 Å². The molecule has 6 heteroatoms. The Morgan fingerprint density at radius 1 is 1.53 bits per heavy atom. The lowest BCUT2D eigenvalue weighted by atomic mass is 10.2. The SMILES string of the molecule is O=C(O)c1cc(Br)ccc1OCc1cnoc1. The molecule has 17 heavy (non-hydrogen) atoms. The molecule has 0 amide bonds.